The predicted molar refractivity (Wildman–Crippen MR) is 89.8 cm³/mol. The lowest BCUT2D eigenvalue weighted by atomic mass is 9.83. The van der Waals surface area contributed by atoms with Gasteiger partial charge >= 0.3 is 0 Å². The molecule has 1 aliphatic carbocycles. The number of hydrogen-bond acceptors (Lipinski definition) is 3. The molecule has 22 heavy (non-hydrogen) atoms. The molecule has 126 valence electrons. The highest BCUT2D eigenvalue weighted by atomic mass is 16.2. The second-order valence-corrected chi connectivity index (χ2v) is 7.72. The zero-order chi connectivity index (χ0) is 15.4. The monoisotopic (exact) mass is 307 g/mol. The number of amides is 1. The molecule has 2 saturated heterocycles. The van der Waals surface area contributed by atoms with Crippen LogP contribution in [0.3, 0.4) is 0 Å². The lowest BCUT2D eigenvalue weighted by Crippen LogP contribution is -2.48. The van der Waals surface area contributed by atoms with Crippen LogP contribution in [-0.4, -0.2) is 61.0 Å². The Balaban J connectivity index is 1.45. The quantitative estimate of drug-likeness (QED) is 0.865. The lowest BCUT2D eigenvalue weighted by Gasteiger charge is -2.34. The van der Waals surface area contributed by atoms with Crippen molar-refractivity contribution in [3.63, 3.8) is 0 Å². The number of piperidine rings is 1. The van der Waals surface area contributed by atoms with Gasteiger partial charge in [-0.3, -0.25) is 9.69 Å². The zero-order valence-electron chi connectivity index (χ0n) is 14.2. The zero-order valence-corrected chi connectivity index (χ0v) is 14.2. The molecule has 4 nitrogen and oxygen atoms in total. The molecule has 0 aromatic heterocycles. The number of likely N-dealkylation sites (tertiary alicyclic amines) is 2. The van der Waals surface area contributed by atoms with Gasteiger partial charge in [-0.05, 0) is 71.1 Å². The second-order valence-electron chi connectivity index (χ2n) is 7.72. The van der Waals surface area contributed by atoms with Gasteiger partial charge in [0.1, 0.15) is 0 Å². The molecule has 1 atom stereocenters. The molecule has 1 amide bonds. The topological polar surface area (TPSA) is 35.6 Å². The first-order valence-corrected chi connectivity index (χ1v) is 9.44. The van der Waals surface area contributed by atoms with Gasteiger partial charge in [-0.2, -0.15) is 0 Å². The second kappa shape index (κ2) is 7.78. The predicted octanol–water partition coefficient (Wildman–Crippen LogP) is 2.24. The molecule has 0 aromatic rings. The number of nitrogens with zero attached hydrogens (tertiary/aromatic N) is 2. The van der Waals surface area contributed by atoms with Crippen LogP contribution in [-0.2, 0) is 4.79 Å². The van der Waals surface area contributed by atoms with Crippen molar-refractivity contribution in [1.29, 1.82) is 0 Å². The van der Waals surface area contributed by atoms with E-state index in [4.69, 9.17) is 0 Å². The molecule has 4 heteroatoms. The average molecular weight is 307 g/mol. The van der Waals surface area contributed by atoms with Crippen LogP contribution >= 0.6 is 0 Å². The van der Waals surface area contributed by atoms with Crippen LogP contribution < -0.4 is 5.32 Å². The van der Waals surface area contributed by atoms with Crippen LogP contribution in [0.1, 0.15) is 57.8 Å². The van der Waals surface area contributed by atoms with Crippen LogP contribution in [0.25, 0.3) is 0 Å². The van der Waals surface area contributed by atoms with E-state index in [-0.39, 0.29) is 5.91 Å². The van der Waals surface area contributed by atoms with Crippen molar-refractivity contribution in [3.8, 4) is 0 Å². The Labute approximate surface area is 135 Å². The van der Waals surface area contributed by atoms with Crippen molar-refractivity contribution < 1.29 is 4.79 Å². The van der Waals surface area contributed by atoms with E-state index in [0.29, 0.717) is 18.6 Å². The first-order valence-electron chi connectivity index (χ1n) is 9.44. The fourth-order valence-corrected chi connectivity index (χ4v) is 4.71. The summed E-state index contributed by atoms with van der Waals surface area (Å²) in [5, 5.41) is 3.28. The SMILES string of the molecule is CN1CCC(NC(=O)CN2CCCC2C2CCCCC2)CC1. The Morgan fingerprint density at radius 1 is 0.955 bits per heavy atom. The van der Waals surface area contributed by atoms with Gasteiger partial charge in [-0.15, -0.1) is 0 Å². The smallest absolute Gasteiger partial charge is 0.234 e. The van der Waals surface area contributed by atoms with Crippen LogP contribution in [0.4, 0.5) is 0 Å². The number of carbonyl (C=O) groups is 1. The summed E-state index contributed by atoms with van der Waals surface area (Å²) in [5.74, 6) is 1.12. The first kappa shape index (κ1) is 16.3. The summed E-state index contributed by atoms with van der Waals surface area (Å²) in [5.41, 5.74) is 0. The minimum Gasteiger partial charge on any atom is -0.352 e. The van der Waals surface area contributed by atoms with E-state index in [2.05, 4.69) is 22.2 Å². The van der Waals surface area contributed by atoms with Gasteiger partial charge in [-0.25, -0.2) is 0 Å². The van der Waals surface area contributed by atoms with Crippen molar-refractivity contribution in [3.05, 3.63) is 0 Å². The Hall–Kier alpha value is -0.610. The molecule has 0 bridgehead atoms. The molecule has 0 spiro atoms. The van der Waals surface area contributed by atoms with Gasteiger partial charge in [0, 0.05) is 12.1 Å². The van der Waals surface area contributed by atoms with Crippen molar-refractivity contribution in [2.45, 2.75) is 69.9 Å². The third-order valence-corrected chi connectivity index (χ3v) is 6.04. The average Bonchev–Trinajstić information content (AvgIpc) is 2.98. The largest absolute Gasteiger partial charge is 0.352 e. The molecule has 0 aromatic carbocycles. The van der Waals surface area contributed by atoms with Crippen molar-refractivity contribution in [2.24, 2.45) is 5.92 Å². The Morgan fingerprint density at radius 3 is 2.41 bits per heavy atom. The van der Waals surface area contributed by atoms with Crippen LogP contribution in [0.2, 0.25) is 0 Å². The summed E-state index contributed by atoms with van der Waals surface area (Å²) in [4.78, 5) is 17.2. The van der Waals surface area contributed by atoms with Gasteiger partial charge in [0.25, 0.3) is 0 Å². The summed E-state index contributed by atoms with van der Waals surface area (Å²) < 4.78 is 0. The molecule has 1 N–H and O–H groups in total. The summed E-state index contributed by atoms with van der Waals surface area (Å²) in [6, 6.07) is 1.09. The van der Waals surface area contributed by atoms with Crippen molar-refractivity contribution >= 4 is 5.91 Å². The molecule has 3 aliphatic rings. The van der Waals surface area contributed by atoms with Crippen LogP contribution in [0.5, 0.6) is 0 Å². The van der Waals surface area contributed by atoms with E-state index in [1.54, 1.807) is 0 Å². The first-order chi connectivity index (χ1) is 10.7. The van der Waals surface area contributed by atoms with Gasteiger partial charge in [0.2, 0.25) is 5.91 Å². The van der Waals surface area contributed by atoms with E-state index >= 15 is 0 Å². The van der Waals surface area contributed by atoms with Gasteiger partial charge in [-0.1, -0.05) is 19.3 Å². The Kier molecular flexibility index (Phi) is 5.75. The molecule has 1 saturated carbocycles. The Morgan fingerprint density at radius 2 is 1.68 bits per heavy atom. The highest BCUT2D eigenvalue weighted by molar-refractivity contribution is 5.78. The van der Waals surface area contributed by atoms with E-state index in [9.17, 15) is 4.79 Å². The van der Waals surface area contributed by atoms with Crippen LogP contribution in [0.15, 0.2) is 0 Å². The number of rotatable bonds is 4. The van der Waals surface area contributed by atoms with Crippen molar-refractivity contribution in [1.82, 2.24) is 15.1 Å². The fourth-order valence-electron chi connectivity index (χ4n) is 4.71. The van der Waals surface area contributed by atoms with E-state index in [1.165, 1.54) is 44.9 Å². The number of nitrogens with one attached hydrogen (secondary N) is 1. The standard InChI is InChI=1S/C18H33N3O/c1-20-12-9-16(10-13-20)19-18(22)14-21-11-5-8-17(21)15-6-3-2-4-7-15/h15-17H,2-14H2,1H3,(H,19,22). The maximum Gasteiger partial charge on any atom is 0.234 e. The van der Waals surface area contributed by atoms with E-state index in [1.807, 2.05) is 0 Å². The number of carbonyl (C=O) groups excluding carboxylic acids is 1. The highest BCUT2D eigenvalue weighted by Gasteiger charge is 2.33. The van der Waals surface area contributed by atoms with Gasteiger partial charge < -0.3 is 10.2 Å². The normalized spacial score (nSPS) is 29.8. The molecule has 2 heterocycles. The third kappa shape index (κ3) is 4.23. The lowest BCUT2D eigenvalue weighted by molar-refractivity contribution is -0.123. The molecule has 2 aliphatic heterocycles. The molecular weight excluding hydrogens is 274 g/mol. The Bertz CT molecular complexity index is 359. The van der Waals surface area contributed by atoms with E-state index < -0.39 is 0 Å². The molecule has 0 radical (unpaired) electrons. The summed E-state index contributed by atoms with van der Waals surface area (Å²) in [6.07, 6.45) is 11.8. The minimum absolute atomic E-state index is 0.261. The summed E-state index contributed by atoms with van der Waals surface area (Å²) in [7, 11) is 2.16. The summed E-state index contributed by atoms with van der Waals surface area (Å²) >= 11 is 0. The molecule has 3 rings (SSSR count). The van der Waals surface area contributed by atoms with Gasteiger partial charge in [0.05, 0.1) is 6.54 Å². The highest BCUT2D eigenvalue weighted by Crippen LogP contribution is 2.34. The fraction of sp³-hybridized carbons (Fsp3) is 0.944. The maximum atomic E-state index is 12.4. The third-order valence-electron chi connectivity index (χ3n) is 6.04. The van der Waals surface area contributed by atoms with E-state index in [0.717, 1.165) is 38.4 Å². The molecule has 3 fully saturated rings. The number of hydrogen-bond donors (Lipinski definition) is 1. The minimum atomic E-state index is 0.261. The maximum absolute atomic E-state index is 12.4. The van der Waals surface area contributed by atoms with Crippen molar-refractivity contribution in [2.75, 3.05) is 33.2 Å². The van der Waals surface area contributed by atoms with Gasteiger partial charge in [0.15, 0.2) is 0 Å². The van der Waals surface area contributed by atoms with Crippen LogP contribution in [0, 0.1) is 5.92 Å². The molecule has 1 unspecified atom stereocenters. The molecular formula is C18H33N3O. The summed E-state index contributed by atoms with van der Waals surface area (Å²) in [6.45, 7) is 3.98.